The third kappa shape index (κ3) is 2.54. The summed E-state index contributed by atoms with van der Waals surface area (Å²) in [6.07, 6.45) is 1.83. The number of carbonyl (C=O) groups excluding carboxylic acids is 2. The highest BCUT2D eigenvalue weighted by Crippen LogP contribution is 2.35. The standard InChI is InChI=1S/C23H17NO2/c1-16(25)22-20(17-10-4-2-5-11-17)21(19-14-8-9-15-24(19)22)23(26)18-12-6-3-7-13-18/h2-15H,1H3. The summed E-state index contributed by atoms with van der Waals surface area (Å²) in [6.45, 7) is 1.54. The van der Waals surface area contributed by atoms with Crippen molar-refractivity contribution < 1.29 is 9.59 Å². The molecule has 26 heavy (non-hydrogen) atoms. The lowest BCUT2D eigenvalue weighted by atomic mass is 9.94. The summed E-state index contributed by atoms with van der Waals surface area (Å²) < 4.78 is 1.82. The van der Waals surface area contributed by atoms with Crippen LogP contribution in [0.2, 0.25) is 0 Å². The van der Waals surface area contributed by atoms with Crippen molar-refractivity contribution in [1.29, 1.82) is 0 Å². The predicted molar refractivity (Wildman–Crippen MR) is 103 cm³/mol. The van der Waals surface area contributed by atoms with E-state index in [4.69, 9.17) is 0 Å². The monoisotopic (exact) mass is 339 g/mol. The van der Waals surface area contributed by atoms with Crippen LogP contribution in [0.4, 0.5) is 0 Å². The van der Waals surface area contributed by atoms with Gasteiger partial charge in [0.05, 0.1) is 16.8 Å². The minimum absolute atomic E-state index is 0.0721. The molecule has 0 saturated heterocycles. The molecule has 0 N–H and O–H groups in total. The molecule has 2 heterocycles. The number of ketones is 2. The van der Waals surface area contributed by atoms with Crippen molar-refractivity contribution >= 4 is 17.1 Å². The molecule has 0 bridgehead atoms. The van der Waals surface area contributed by atoms with E-state index in [-0.39, 0.29) is 11.6 Å². The SMILES string of the molecule is CC(=O)c1c(-c2ccccc2)c(C(=O)c2ccccc2)c2ccccn12. The van der Waals surface area contributed by atoms with Gasteiger partial charge in [-0.1, -0.05) is 66.7 Å². The summed E-state index contributed by atoms with van der Waals surface area (Å²) in [7, 11) is 0. The molecule has 126 valence electrons. The molecule has 2 aromatic carbocycles. The number of hydrogen-bond acceptors (Lipinski definition) is 2. The Kier molecular flexibility index (Phi) is 3.98. The number of rotatable bonds is 4. The first kappa shape index (κ1) is 16.0. The predicted octanol–water partition coefficient (Wildman–Crippen LogP) is 5.04. The van der Waals surface area contributed by atoms with Crippen LogP contribution in [0.3, 0.4) is 0 Å². The van der Waals surface area contributed by atoms with Crippen LogP contribution in [-0.2, 0) is 0 Å². The van der Waals surface area contributed by atoms with E-state index >= 15 is 0 Å². The van der Waals surface area contributed by atoms with Crippen LogP contribution < -0.4 is 0 Å². The maximum Gasteiger partial charge on any atom is 0.195 e. The fourth-order valence-corrected chi connectivity index (χ4v) is 3.40. The van der Waals surface area contributed by atoms with E-state index in [1.54, 1.807) is 12.1 Å². The summed E-state index contributed by atoms with van der Waals surface area (Å²) in [5, 5.41) is 0. The van der Waals surface area contributed by atoms with E-state index in [2.05, 4.69) is 0 Å². The van der Waals surface area contributed by atoms with Crippen molar-refractivity contribution in [3.05, 3.63) is 102 Å². The molecule has 0 unspecified atom stereocenters. The Hall–Kier alpha value is -3.46. The smallest absolute Gasteiger partial charge is 0.195 e. The Morgan fingerprint density at radius 1 is 0.769 bits per heavy atom. The van der Waals surface area contributed by atoms with Crippen LogP contribution in [0.25, 0.3) is 16.6 Å². The van der Waals surface area contributed by atoms with Gasteiger partial charge in [-0.3, -0.25) is 9.59 Å². The van der Waals surface area contributed by atoms with Gasteiger partial charge < -0.3 is 4.40 Å². The van der Waals surface area contributed by atoms with Crippen molar-refractivity contribution in [2.24, 2.45) is 0 Å². The van der Waals surface area contributed by atoms with E-state index in [0.29, 0.717) is 22.4 Å². The zero-order chi connectivity index (χ0) is 18.1. The first-order chi connectivity index (χ1) is 12.7. The number of hydrogen-bond donors (Lipinski definition) is 0. The molecule has 0 aliphatic heterocycles. The Bertz CT molecular complexity index is 1110. The van der Waals surface area contributed by atoms with Gasteiger partial charge in [0, 0.05) is 24.2 Å². The van der Waals surface area contributed by atoms with Gasteiger partial charge in [0.1, 0.15) is 0 Å². The van der Waals surface area contributed by atoms with Crippen LogP contribution in [0.5, 0.6) is 0 Å². The quantitative estimate of drug-likeness (QED) is 0.489. The maximum absolute atomic E-state index is 13.4. The molecule has 0 fully saturated rings. The minimum Gasteiger partial charge on any atom is -0.313 e. The number of nitrogens with zero attached hydrogens (tertiary/aromatic N) is 1. The summed E-state index contributed by atoms with van der Waals surface area (Å²) in [6, 6.07) is 24.4. The van der Waals surface area contributed by atoms with Crippen molar-refractivity contribution in [2.75, 3.05) is 0 Å². The van der Waals surface area contributed by atoms with Gasteiger partial charge in [0.2, 0.25) is 0 Å². The Morgan fingerprint density at radius 2 is 1.38 bits per heavy atom. The average molecular weight is 339 g/mol. The van der Waals surface area contributed by atoms with Gasteiger partial charge in [0.25, 0.3) is 0 Å². The highest BCUT2D eigenvalue weighted by molar-refractivity contribution is 6.20. The van der Waals surface area contributed by atoms with Crippen LogP contribution in [0.1, 0.15) is 33.3 Å². The van der Waals surface area contributed by atoms with Crippen molar-refractivity contribution in [3.63, 3.8) is 0 Å². The van der Waals surface area contributed by atoms with Gasteiger partial charge in [-0.05, 0) is 17.7 Å². The lowest BCUT2D eigenvalue weighted by molar-refractivity contribution is 0.101. The molecule has 4 aromatic rings. The van der Waals surface area contributed by atoms with Crippen LogP contribution in [0.15, 0.2) is 85.1 Å². The molecule has 3 heteroatoms. The fraction of sp³-hybridized carbons (Fsp3) is 0.0435. The zero-order valence-electron chi connectivity index (χ0n) is 14.3. The number of fused-ring (bicyclic) bond motifs is 1. The molecule has 0 amide bonds. The van der Waals surface area contributed by atoms with E-state index in [0.717, 1.165) is 11.1 Å². The third-order valence-electron chi connectivity index (χ3n) is 4.50. The zero-order valence-corrected chi connectivity index (χ0v) is 14.3. The molecule has 0 atom stereocenters. The van der Waals surface area contributed by atoms with E-state index in [9.17, 15) is 9.59 Å². The second-order valence-corrected chi connectivity index (χ2v) is 6.17. The molecule has 3 nitrogen and oxygen atoms in total. The third-order valence-corrected chi connectivity index (χ3v) is 4.50. The molecule has 2 aromatic heterocycles. The van der Waals surface area contributed by atoms with Gasteiger partial charge in [-0.25, -0.2) is 0 Å². The second-order valence-electron chi connectivity index (χ2n) is 6.17. The molecule has 4 rings (SSSR count). The molecular formula is C23H17NO2. The van der Waals surface area contributed by atoms with Gasteiger partial charge in [-0.15, -0.1) is 0 Å². The topological polar surface area (TPSA) is 38.5 Å². The molecule has 0 radical (unpaired) electrons. The molecule has 0 saturated carbocycles. The number of pyridine rings is 1. The Labute approximate surface area is 151 Å². The van der Waals surface area contributed by atoms with Crippen LogP contribution in [-0.4, -0.2) is 16.0 Å². The summed E-state index contributed by atoms with van der Waals surface area (Å²) in [4.78, 5) is 25.9. The van der Waals surface area contributed by atoms with Crippen molar-refractivity contribution in [2.45, 2.75) is 6.92 Å². The molecule has 0 aliphatic carbocycles. The number of benzene rings is 2. The van der Waals surface area contributed by atoms with Gasteiger partial charge in [0.15, 0.2) is 11.6 Å². The van der Waals surface area contributed by atoms with E-state index < -0.39 is 0 Å². The van der Waals surface area contributed by atoms with Gasteiger partial charge >= 0.3 is 0 Å². The maximum atomic E-state index is 13.4. The highest BCUT2D eigenvalue weighted by Gasteiger charge is 2.26. The van der Waals surface area contributed by atoms with Crippen molar-refractivity contribution in [1.82, 2.24) is 4.40 Å². The first-order valence-electron chi connectivity index (χ1n) is 8.47. The number of Topliss-reactive ketones (excluding diaryl/α,β-unsaturated/α-hetero) is 1. The number of aromatic nitrogens is 1. The van der Waals surface area contributed by atoms with Gasteiger partial charge in [-0.2, -0.15) is 0 Å². The fourth-order valence-electron chi connectivity index (χ4n) is 3.40. The lowest BCUT2D eigenvalue weighted by Gasteiger charge is -2.06. The van der Waals surface area contributed by atoms with Crippen LogP contribution in [0, 0.1) is 0 Å². The minimum atomic E-state index is -0.0827. The molecule has 0 spiro atoms. The van der Waals surface area contributed by atoms with Crippen LogP contribution >= 0.6 is 0 Å². The average Bonchev–Trinajstić information content (AvgIpc) is 3.04. The molecule has 0 aliphatic rings. The number of carbonyl (C=O) groups is 2. The van der Waals surface area contributed by atoms with Crippen molar-refractivity contribution in [3.8, 4) is 11.1 Å². The Balaban J connectivity index is 2.12. The lowest BCUT2D eigenvalue weighted by Crippen LogP contribution is -2.03. The largest absolute Gasteiger partial charge is 0.313 e. The van der Waals surface area contributed by atoms with E-state index in [1.807, 2.05) is 77.3 Å². The Morgan fingerprint density at radius 3 is 2.04 bits per heavy atom. The highest BCUT2D eigenvalue weighted by atomic mass is 16.1. The second kappa shape index (κ2) is 6.45. The first-order valence-corrected chi connectivity index (χ1v) is 8.47. The summed E-state index contributed by atoms with van der Waals surface area (Å²) in [5.41, 5.74) is 4.00. The summed E-state index contributed by atoms with van der Waals surface area (Å²) in [5.74, 6) is -0.155. The van der Waals surface area contributed by atoms with E-state index in [1.165, 1.54) is 6.92 Å². The summed E-state index contributed by atoms with van der Waals surface area (Å²) >= 11 is 0. The normalized spacial score (nSPS) is 10.8. The molecular weight excluding hydrogens is 322 g/mol.